The van der Waals surface area contributed by atoms with Crippen molar-refractivity contribution in [3.63, 3.8) is 0 Å². The van der Waals surface area contributed by atoms with Gasteiger partial charge in [-0.1, -0.05) is 24.0 Å². The number of hydrogen-bond donors (Lipinski definition) is 2. The van der Waals surface area contributed by atoms with Crippen molar-refractivity contribution in [3.05, 3.63) is 35.4 Å². The van der Waals surface area contributed by atoms with E-state index < -0.39 is 0 Å². The van der Waals surface area contributed by atoms with Crippen LogP contribution in [-0.4, -0.2) is 30.3 Å². The molecule has 1 aliphatic rings. The van der Waals surface area contributed by atoms with Crippen molar-refractivity contribution in [1.29, 1.82) is 0 Å². The highest BCUT2D eigenvalue weighted by molar-refractivity contribution is 5.79. The van der Waals surface area contributed by atoms with Gasteiger partial charge in [-0.2, -0.15) is 0 Å². The standard InChI is InChI=1S/C17H21NO3/c1-12-9-16(11-21-12)17(20)18-13(2)15-7-3-5-14(10-15)6-4-8-19/h3,5,7,10,12-13,16,19H,8-9,11H2,1-2H3,(H,18,20). The predicted octanol–water partition coefficient (Wildman–Crippen LogP) is 1.63. The topological polar surface area (TPSA) is 58.6 Å². The first-order chi connectivity index (χ1) is 10.1. The minimum absolute atomic E-state index is 0.0405. The van der Waals surface area contributed by atoms with E-state index in [-0.39, 0.29) is 30.6 Å². The lowest BCUT2D eigenvalue weighted by Gasteiger charge is -2.17. The average Bonchev–Trinajstić information content (AvgIpc) is 2.92. The maximum Gasteiger partial charge on any atom is 0.226 e. The summed E-state index contributed by atoms with van der Waals surface area (Å²) in [5.74, 6) is 5.48. The van der Waals surface area contributed by atoms with Crippen LogP contribution in [0.1, 0.15) is 37.4 Å². The summed E-state index contributed by atoms with van der Waals surface area (Å²) in [4.78, 5) is 12.2. The van der Waals surface area contributed by atoms with E-state index in [0.29, 0.717) is 6.61 Å². The summed E-state index contributed by atoms with van der Waals surface area (Å²) in [6.07, 6.45) is 0.939. The van der Waals surface area contributed by atoms with Gasteiger partial charge in [0, 0.05) is 5.56 Å². The van der Waals surface area contributed by atoms with Crippen LogP contribution in [0.3, 0.4) is 0 Å². The molecule has 2 N–H and O–H groups in total. The first-order valence-corrected chi connectivity index (χ1v) is 7.22. The number of hydrogen-bond acceptors (Lipinski definition) is 3. The number of amides is 1. The number of nitrogens with one attached hydrogen (secondary N) is 1. The van der Waals surface area contributed by atoms with E-state index in [1.54, 1.807) is 0 Å². The molecule has 4 heteroatoms. The Balaban J connectivity index is 1.99. The second-order valence-corrected chi connectivity index (χ2v) is 5.39. The number of carbonyl (C=O) groups is 1. The van der Waals surface area contributed by atoms with Crippen molar-refractivity contribution in [2.75, 3.05) is 13.2 Å². The molecule has 1 aromatic rings. The van der Waals surface area contributed by atoms with Crippen LogP contribution in [0.5, 0.6) is 0 Å². The van der Waals surface area contributed by atoms with E-state index in [1.807, 2.05) is 38.1 Å². The van der Waals surface area contributed by atoms with E-state index in [2.05, 4.69) is 17.2 Å². The van der Waals surface area contributed by atoms with E-state index in [1.165, 1.54) is 0 Å². The molecule has 1 saturated heterocycles. The molecule has 1 heterocycles. The summed E-state index contributed by atoms with van der Waals surface area (Å²) in [7, 11) is 0. The molecule has 1 aliphatic heterocycles. The number of ether oxygens (including phenoxy) is 1. The molecule has 0 spiro atoms. The highest BCUT2D eigenvalue weighted by Crippen LogP contribution is 2.21. The lowest BCUT2D eigenvalue weighted by Crippen LogP contribution is -2.33. The lowest BCUT2D eigenvalue weighted by molar-refractivity contribution is -0.125. The smallest absolute Gasteiger partial charge is 0.226 e. The molecule has 2 rings (SSSR count). The van der Waals surface area contributed by atoms with Gasteiger partial charge in [0.2, 0.25) is 5.91 Å². The number of rotatable bonds is 3. The lowest BCUT2D eigenvalue weighted by atomic mass is 10.0. The zero-order valence-electron chi connectivity index (χ0n) is 12.4. The molecular formula is C17H21NO3. The minimum Gasteiger partial charge on any atom is -0.384 e. The molecule has 3 unspecified atom stereocenters. The SMILES string of the molecule is CC1CC(C(=O)NC(C)c2cccc(C#CCO)c2)CO1. The van der Waals surface area contributed by atoms with Crippen molar-refractivity contribution in [3.8, 4) is 11.8 Å². The highest BCUT2D eigenvalue weighted by Gasteiger charge is 2.28. The van der Waals surface area contributed by atoms with Crippen LogP contribution in [-0.2, 0) is 9.53 Å². The maximum atomic E-state index is 12.2. The molecule has 4 nitrogen and oxygen atoms in total. The van der Waals surface area contributed by atoms with Gasteiger partial charge in [-0.3, -0.25) is 4.79 Å². The van der Waals surface area contributed by atoms with Crippen molar-refractivity contribution in [1.82, 2.24) is 5.32 Å². The molecule has 0 saturated carbocycles. The Morgan fingerprint density at radius 1 is 1.57 bits per heavy atom. The van der Waals surface area contributed by atoms with Gasteiger partial charge in [0.25, 0.3) is 0 Å². The molecule has 0 bridgehead atoms. The van der Waals surface area contributed by atoms with E-state index >= 15 is 0 Å². The quantitative estimate of drug-likeness (QED) is 0.831. The van der Waals surface area contributed by atoms with Crippen molar-refractivity contribution < 1.29 is 14.6 Å². The Bertz CT molecular complexity index is 559. The molecule has 1 fully saturated rings. The fraction of sp³-hybridized carbons (Fsp3) is 0.471. The van der Waals surface area contributed by atoms with E-state index in [4.69, 9.17) is 9.84 Å². The fourth-order valence-electron chi connectivity index (χ4n) is 2.44. The van der Waals surface area contributed by atoms with Gasteiger partial charge in [-0.05, 0) is 38.0 Å². The first-order valence-electron chi connectivity index (χ1n) is 7.22. The van der Waals surface area contributed by atoms with Crippen LogP contribution < -0.4 is 5.32 Å². The largest absolute Gasteiger partial charge is 0.384 e. The Morgan fingerprint density at radius 2 is 2.38 bits per heavy atom. The molecule has 21 heavy (non-hydrogen) atoms. The number of carbonyl (C=O) groups excluding carboxylic acids is 1. The van der Waals surface area contributed by atoms with Gasteiger partial charge < -0.3 is 15.2 Å². The molecule has 1 amide bonds. The Hall–Kier alpha value is -1.83. The van der Waals surface area contributed by atoms with Crippen LogP contribution in [0.2, 0.25) is 0 Å². The number of aliphatic hydroxyl groups is 1. The van der Waals surface area contributed by atoms with Gasteiger partial charge in [-0.25, -0.2) is 0 Å². The fourth-order valence-corrected chi connectivity index (χ4v) is 2.44. The Labute approximate surface area is 125 Å². The van der Waals surface area contributed by atoms with Crippen LogP contribution in [0.4, 0.5) is 0 Å². The van der Waals surface area contributed by atoms with Gasteiger partial charge in [0.05, 0.1) is 24.7 Å². The molecule has 112 valence electrons. The van der Waals surface area contributed by atoms with E-state index in [0.717, 1.165) is 17.5 Å². The summed E-state index contributed by atoms with van der Waals surface area (Å²) in [6.45, 7) is 4.29. The van der Waals surface area contributed by atoms with Gasteiger partial charge in [0.15, 0.2) is 0 Å². The maximum absolute atomic E-state index is 12.2. The van der Waals surface area contributed by atoms with Crippen LogP contribution in [0.25, 0.3) is 0 Å². The van der Waals surface area contributed by atoms with Gasteiger partial charge >= 0.3 is 0 Å². The number of benzene rings is 1. The molecule has 1 aromatic carbocycles. The third kappa shape index (κ3) is 4.32. The van der Waals surface area contributed by atoms with Crippen molar-refractivity contribution >= 4 is 5.91 Å². The van der Waals surface area contributed by atoms with Crippen LogP contribution in [0, 0.1) is 17.8 Å². The van der Waals surface area contributed by atoms with Crippen LogP contribution >= 0.6 is 0 Å². The average molecular weight is 287 g/mol. The second kappa shape index (κ2) is 7.26. The number of aliphatic hydroxyl groups excluding tert-OH is 1. The third-order valence-electron chi connectivity index (χ3n) is 3.63. The molecule has 3 atom stereocenters. The summed E-state index contributed by atoms with van der Waals surface area (Å²) in [6, 6.07) is 7.60. The third-order valence-corrected chi connectivity index (χ3v) is 3.63. The molecule has 0 aliphatic carbocycles. The highest BCUT2D eigenvalue weighted by atomic mass is 16.5. The molecular weight excluding hydrogens is 266 g/mol. The van der Waals surface area contributed by atoms with Crippen molar-refractivity contribution in [2.24, 2.45) is 5.92 Å². The predicted molar refractivity (Wildman–Crippen MR) is 80.5 cm³/mol. The second-order valence-electron chi connectivity index (χ2n) is 5.39. The Kier molecular flexibility index (Phi) is 5.38. The summed E-state index contributed by atoms with van der Waals surface area (Å²) < 4.78 is 5.43. The van der Waals surface area contributed by atoms with Gasteiger partial charge in [0.1, 0.15) is 6.61 Å². The summed E-state index contributed by atoms with van der Waals surface area (Å²) >= 11 is 0. The molecule has 0 aromatic heterocycles. The monoisotopic (exact) mass is 287 g/mol. The summed E-state index contributed by atoms with van der Waals surface area (Å²) in [5, 5.41) is 11.8. The normalized spacial score (nSPS) is 22.2. The van der Waals surface area contributed by atoms with Crippen LogP contribution in [0.15, 0.2) is 24.3 Å². The zero-order chi connectivity index (χ0) is 15.2. The summed E-state index contributed by atoms with van der Waals surface area (Å²) in [5.41, 5.74) is 1.83. The van der Waals surface area contributed by atoms with Gasteiger partial charge in [-0.15, -0.1) is 0 Å². The molecule has 0 radical (unpaired) electrons. The first kappa shape index (κ1) is 15.6. The minimum atomic E-state index is -0.156. The Morgan fingerprint density at radius 3 is 3.05 bits per heavy atom. The zero-order valence-corrected chi connectivity index (χ0v) is 12.4. The van der Waals surface area contributed by atoms with Crippen molar-refractivity contribution in [2.45, 2.75) is 32.4 Å². The van der Waals surface area contributed by atoms with E-state index in [9.17, 15) is 4.79 Å².